The van der Waals surface area contributed by atoms with Gasteiger partial charge in [-0.1, -0.05) is 0 Å². The Bertz CT molecular complexity index is 718. The van der Waals surface area contributed by atoms with Crippen LogP contribution < -0.4 is 4.90 Å². The molecular weight excluding hydrogens is 293 g/mol. The van der Waals surface area contributed by atoms with Crippen molar-refractivity contribution in [2.75, 3.05) is 4.90 Å². The molecule has 3 heterocycles. The van der Waals surface area contributed by atoms with E-state index in [1.807, 2.05) is 37.0 Å². The molecular formula is C16H15F3N2O. The highest BCUT2D eigenvalue weighted by Gasteiger charge is 2.35. The fourth-order valence-corrected chi connectivity index (χ4v) is 2.56. The molecule has 6 heteroatoms. The zero-order valence-electron chi connectivity index (χ0n) is 12.2. The van der Waals surface area contributed by atoms with E-state index in [1.54, 1.807) is 6.20 Å². The molecule has 3 rings (SSSR count). The molecule has 2 aromatic heterocycles. The van der Waals surface area contributed by atoms with Gasteiger partial charge in [-0.2, -0.15) is 13.2 Å². The molecule has 0 amide bonds. The molecule has 3 nitrogen and oxygen atoms in total. The average molecular weight is 308 g/mol. The minimum Gasteiger partial charge on any atom is -0.455 e. The first-order chi connectivity index (χ1) is 10.4. The number of pyridine rings is 1. The molecule has 0 fully saturated rings. The summed E-state index contributed by atoms with van der Waals surface area (Å²) in [6.07, 6.45) is -0.758. The molecule has 0 aliphatic carbocycles. The second-order valence-electron chi connectivity index (χ2n) is 5.36. The maximum Gasteiger partial charge on any atom is 0.449 e. The molecule has 0 aromatic carbocycles. The van der Waals surface area contributed by atoms with Gasteiger partial charge in [0.2, 0.25) is 5.76 Å². The molecule has 0 spiro atoms. The first-order valence-corrected chi connectivity index (χ1v) is 6.92. The van der Waals surface area contributed by atoms with Crippen LogP contribution in [0.15, 0.2) is 40.5 Å². The molecule has 0 bridgehead atoms. The fraction of sp³-hybridized carbons (Fsp3) is 0.312. The van der Waals surface area contributed by atoms with Gasteiger partial charge in [-0.05, 0) is 49.8 Å². The molecule has 0 saturated carbocycles. The summed E-state index contributed by atoms with van der Waals surface area (Å²) in [5, 5.41) is 0. The number of halogens is 3. The van der Waals surface area contributed by atoms with Gasteiger partial charge in [0, 0.05) is 12.2 Å². The second-order valence-corrected chi connectivity index (χ2v) is 5.36. The van der Waals surface area contributed by atoms with E-state index in [2.05, 4.69) is 4.98 Å². The summed E-state index contributed by atoms with van der Waals surface area (Å²) >= 11 is 0. The van der Waals surface area contributed by atoms with Gasteiger partial charge in [-0.15, -0.1) is 0 Å². The van der Waals surface area contributed by atoms with E-state index >= 15 is 0 Å². The lowest BCUT2D eigenvalue weighted by molar-refractivity contribution is -0.153. The van der Waals surface area contributed by atoms with Gasteiger partial charge in [0.15, 0.2) is 0 Å². The van der Waals surface area contributed by atoms with E-state index in [-0.39, 0.29) is 18.3 Å². The summed E-state index contributed by atoms with van der Waals surface area (Å²) in [7, 11) is 0. The average Bonchev–Trinajstić information content (AvgIpc) is 2.92. The molecule has 1 aliphatic rings. The Balaban J connectivity index is 1.91. The lowest BCUT2D eigenvalue weighted by Gasteiger charge is -2.35. The van der Waals surface area contributed by atoms with E-state index in [0.717, 1.165) is 23.0 Å². The minimum absolute atomic E-state index is 0.0659. The highest BCUT2D eigenvalue weighted by molar-refractivity contribution is 5.71. The number of furan rings is 1. The fourth-order valence-electron chi connectivity index (χ4n) is 2.56. The van der Waals surface area contributed by atoms with Gasteiger partial charge in [-0.3, -0.25) is 4.98 Å². The van der Waals surface area contributed by atoms with Crippen LogP contribution >= 0.6 is 0 Å². The predicted molar refractivity (Wildman–Crippen MR) is 77.2 cm³/mol. The summed E-state index contributed by atoms with van der Waals surface area (Å²) in [6.45, 7) is 4.26. The van der Waals surface area contributed by atoms with Crippen LogP contribution in [0.1, 0.15) is 31.1 Å². The van der Waals surface area contributed by atoms with Gasteiger partial charge >= 0.3 is 6.18 Å². The van der Waals surface area contributed by atoms with Crippen LogP contribution in [0.3, 0.4) is 0 Å². The van der Waals surface area contributed by atoms with Crippen LogP contribution in [-0.4, -0.2) is 11.0 Å². The monoisotopic (exact) mass is 308 g/mol. The van der Waals surface area contributed by atoms with Crippen molar-refractivity contribution in [1.29, 1.82) is 0 Å². The van der Waals surface area contributed by atoms with Crippen LogP contribution in [0.4, 0.5) is 18.9 Å². The van der Waals surface area contributed by atoms with Gasteiger partial charge in [-0.25, -0.2) is 0 Å². The van der Waals surface area contributed by atoms with Crippen molar-refractivity contribution in [3.05, 3.63) is 53.2 Å². The molecule has 22 heavy (non-hydrogen) atoms. The molecule has 0 N–H and O–H groups in total. The summed E-state index contributed by atoms with van der Waals surface area (Å²) in [5.74, 6) is -0.686. The van der Waals surface area contributed by atoms with Crippen LogP contribution in [0, 0.1) is 0 Å². The number of aromatic nitrogens is 1. The van der Waals surface area contributed by atoms with Crippen molar-refractivity contribution >= 4 is 11.8 Å². The topological polar surface area (TPSA) is 29.3 Å². The van der Waals surface area contributed by atoms with Gasteiger partial charge in [0.05, 0.1) is 17.9 Å². The number of hydrogen-bond acceptors (Lipinski definition) is 3. The van der Waals surface area contributed by atoms with E-state index in [0.29, 0.717) is 0 Å². The van der Waals surface area contributed by atoms with Crippen LogP contribution in [0.2, 0.25) is 0 Å². The first kappa shape index (κ1) is 14.7. The van der Waals surface area contributed by atoms with Gasteiger partial charge in [0.25, 0.3) is 0 Å². The third-order valence-electron chi connectivity index (χ3n) is 3.88. The Morgan fingerprint density at radius 2 is 2.05 bits per heavy atom. The van der Waals surface area contributed by atoms with Gasteiger partial charge in [0.1, 0.15) is 5.76 Å². The normalized spacial score (nSPS) is 18.1. The first-order valence-electron chi connectivity index (χ1n) is 6.92. The smallest absolute Gasteiger partial charge is 0.449 e. The molecule has 1 aliphatic heterocycles. The Kier molecular flexibility index (Phi) is 3.47. The molecule has 2 aromatic rings. The summed E-state index contributed by atoms with van der Waals surface area (Å²) in [6, 6.07) is 6.14. The quantitative estimate of drug-likeness (QED) is 0.817. The molecule has 116 valence electrons. The number of alkyl halides is 3. The van der Waals surface area contributed by atoms with E-state index in [1.165, 1.54) is 6.07 Å². The summed E-state index contributed by atoms with van der Waals surface area (Å²) in [4.78, 5) is 6.31. The SMILES string of the molecule is CC1=Cc2ncccc2N(Cc2ccc(C(F)(F)F)o2)C1C. The highest BCUT2D eigenvalue weighted by Crippen LogP contribution is 2.34. The van der Waals surface area contributed by atoms with Crippen molar-refractivity contribution in [2.45, 2.75) is 32.6 Å². The zero-order chi connectivity index (χ0) is 15.9. The van der Waals surface area contributed by atoms with Gasteiger partial charge < -0.3 is 9.32 Å². The Hall–Kier alpha value is -2.24. The van der Waals surface area contributed by atoms with Crippen molar-refractivity contribution in [2.24, 2.45) is 0 Å². The third-order valence-corrected chi connectivity index (χ3v) is 3.88. The van der Waals surface area contributed by atoms with Crippen LogP contribution in [0.25, 0.3) is 6.08 Å². The highest BCUT2D eigenvalue weighted by atomic mass is 19.4. The number of anilines is 1. The maximum atomic E-state index is 12.6. The molecule has 1 unspecified atom stereocenters. The second kappa shape index (κ2) is 5.19. The van der Waals surface area contributed by atoms with Crippen molar-refractivity contribution in [3.8, 4) is 0 Å². The standard InChI is InChI=1S/C16H15F3N2O/c1-10-8-13-14(4-3-7-20-13)21(11(10)2)9-12-5-6-15(22-12)16(17,18)19/h3-8,11H,9H2,1-2H3. The third kappa shape index (κ3) is 2.61. The van der Waals surface area contributed by atoms with Crippen molar-refractivity contribution in [3.63, 3.8) is 0 Å². The van der Waals surface area contributed by atoms with Crippen LogP contribution in [0.5, 0.6) is 0 Å². The predicted octanol–water partition coefficient (Wildman–Crippen LogP) is 4.51. The number of fused-ring (bicyclic) bond motifs is 1. The number of rotatable bonds is 2. The minimum atomic E-state index is -4.46. The summed E-state index contributed by atoms with van der Waals surface area (Å²) < 4.78 is 42.8. The number of hydrogen-bond donors (Lipinski definition) is 0. The lowest BCUT2D eigenvalue weighted by atomic mass is 10.0. The molecule has 1 atom stereocenters. The molecule has 0 radical (unpaired) electrons. The largest absolute Gasteiger partial charge is 0.455 e. The van der Waals surface area contributed by atoms with Crippen molar-refractivity contribution < 1.29 is 17.6 Å². The van der Waals surface area contributed by atoms with E-state index < -0.39 is 11.9 Å². The molecule has 0 saturated heterocycles. The zero-order valence-corrected chi connectivity index (χ0v) is 12.2. The van der Waals surface area contributed by atoms with Crippen molar-refractivity contribution in [1.82, 2.24) is 4.98 Å². The number of nitrogens with zero attached hydrogens (tertiary/aromatic N) is 2. The Morgan fingerprint density at radius 3 is 2.73 bits per heavy atom. The Morgan fingerprint density at radius 1 is 1.27 bits per heavy atom. The lowest BCUT2D eigenvalue weighted by Crippen LogP contribution is -2.36. The Labute approximate surface area is 126 Å². The van der Waals surface area contributed by atoms with Crippen LogP contribution in [-0.2, 0) is 12.7 Å². The maximum absolute atomic E-state index is 12.6. The van der Waals surface area contributed by atoms with E-state index in [4.69, 9.17) is 4.42 Å². The summed E-state index contributed by atoms with van der Waals surface area (Å²) in [5.41, 5.74) is 2.82. The van der Waals surface area contributed by atoms with E-state index in [9.17, 15) is 13.2 Å².